The van der Waals surface area contributed by atoms with Gasteiger partial charge in [-0.25, -0.2) is 9.37 Å². The molecule has 3 aromatic carbocycles. The van der Waals surface area contributed by atoms with Crippen molar-refractivity contribution in [1.82, 2.24) is 15.3 Å². The first kappa shape index (κ1) is 19.1. The maximum absolute atomic E-state index is 13.1. The van der Waals surface area contributed by atoms with Crippen LogP contribution >= 0.6 is 0 Å². The monoisotopic (exact) mass is 396 g/mol. The number of hydrogen-bond acceptors (Lipinski definition) is 3. The smallest absolute Gasteiger partial charge is 0.251 e. The molecule has 4 rings (SSSR count). The van der Waals surface area contributed by atoms with Crippen LogP contribution in [-0.4, -0.2) is 15.9 Å². The Bertz CT molecular complexity index is 1240. The lowest BCUT2D eigenvalue weighted by molar-refractivity contribution is 0.0951. The van der Waals surface area contributed by atoms with Crippen molar-refractivity contribution in [3.63, 3.8) is 0 Å². The number of aromatic amines is 1. The van der Waals surface area contributed by atoms with Crippen LogP contribution in [0.2, 0.25) is 0 Å². The van der Waals surface area contributed by atoms with E-state index in [0.717, 1.165) is 22.4 Å². The third kappa shape index (κ3) is 4.26. The summed E-state index contributed by atoms with van der Waals surface area (Å²) in [5.74, 6) is 0.158. The van der Waals surface area contributed by atoms with Gasteiger partial charge in [0, 0.05) is 17.7 Å². The maximum Gasteiger partial charge on any atom is 0.251 e. The van der Waals surface area contributed by atoms with Crippen molar-refractivity contribution < 1.29 is 9.18 Å². The molecule has 0 aliphatic rings. The molecule has 146 valence electrons. The van der Waals surface area contributed by atoms with E-state index in [0.29, 0.717) is 23.5 Å². The van der Waals surface area contributed by atoms with Crippen LogP contribution in [0.15, 0.2) is 79.0 Å². The van der Waals surface area contributed by atoms with Crippen LogP contribution in [0.25, 0.3) is 22.6 Å². The number of carbonyl (C=O) groups is 1. The van der Waals surface area contributed by atoms with E-state index in [1.807, 2.05) is 30.3 Å². The molecular formula is C24H17FN4O. The van der Waals surface area contributed by atoms with Crippen LogP contribution in [0, 0.1) is 17.1 Å². The van der Waals surface area contributed by atoms with Gasteiger partial charge < -0.3 is 10.3 Å². The number of rotatable bonds is 5. The fourth-order valence-corrected chi connectivity index (χ4v) is 3.09. The Hall–Kier alpha value is -4.24. The third-order valence-electron chi connectivity index (χ3n) is 4.64. The number of amides is 1. The second-order valence-corrected chi connectivity index (χ2v) is 6.73. The lowest BCUT2D eigenvalue weighted by Gasteiger charge is -2.07. The first-order valence-corrected chi connectivity index (χ1v) is 9.31. The van der Waals surface area contributed by atoms with E-state index in [1.54, 1.807) is 42.6 Å². The first-order valence-electron chi connectivity index (χ1n) is 9.31. The maximum atomic E-state index is 13.1. The van der Waals surface area contributed by atoms with Gasteiger partial charge in [0.2, 0.25) is 0 Å². The number of aromatic nitrogens is 2. The van der Waals surface area contributed by atoms with E-state index < -0.39 is 0 Å². The van der Waals surface area contributed by atoms with Gasteiger partial charge in [0.25, 0.3) is 5.91 Å². The number of H-pyrrole nitrogens is 1. The zero-order valence-corrected chi connectivity index (χ0v) is 15.9. The molecule has 0 aliphatic carbocycles. The number of carbonyl (C=O) groups excluding carboxylic acids is 1. The van der Waals surface area contributed by atoms with Crippen molar-refractivity contribution in [2.45, 2.75) is 6.54 Å². The van der Waals surface area contributed by atoms with Crippen molar-refractivity contribution >= 4 is 5.91 Å². The fraction of sp³-hybridized carbons (Fsp3) is 0.0417. The molecule has 0 unspecified atom stereocenters. The summed E-state index contributed by atoms with van der Waals surface area (Å²) in [7, 11) is 0. The highest BCUT2D eigenvalue weighted by atomic mass is 19.1. The van der Waals surface area contributed by atoms with Crippen molar-refractivity contribution in [2.24, 2.45) is 0 Å². The van der Waals surface area contributed by atoms with Crippen molar-refractivity contribution in [1.29, 1.82) is 5.26 Å². The minimum Gasteiger partial charge on any atom is -0.348 e. The van der Waals surface area contributed by atoms with E-state index in [9.17, 15) is 9.18 Å². The molecule has 2 N–H and O–H groups in total. The molecular weight excluding hydrogens is 379 g/mol. The summed E-state index contributed by atoms with van der Waals surface area (Å²) in [4.78, 5) is 20.0. The van der Waals surface area contributed by atoms with E-state index in [-0.39, 0.29) is 11.7 Å². The molecule has 4 aromatic rings. The zero-order valence-electron chi connectivity index (χ0n) is 15.9. The summed E-state index contributed by atoms with van der Waals surface area (Å²) in [6, 6.07) is 22.5. The Kier molecular flexibility index (Phi) is 5.35. The van der Waals surface area contributed by atoms with Gasteiger partial charge in [0.05, 0.1) is 23.5 Å². The highest BCUT2D eigenvalue weighted by molar-refractivity contribution is 5.94. The van der Waals surface area contributed by atoms with Gasteiger partial charge in [-0.15, -0.1) is 0 Å². The largest absolute Gasteiger partial charge is 0.348 e. The van der Waals surface area contributed by atoms with Gasteiger partial charge in [0.15, 0.2) is 0 Å². The topological polar surface area (TPSA) is 81.6 Å². The average Bonchev–Trinajstić information content (AvgIpc) is 3.28. The Morgan fingerprint density at radius 2 is 1.83 bits per heavy atom. The Balaban J connectivity index is 1.47. The lowest BCUT2D eigenvalue weighted by Crippen LogP contribution is -2.22. The van der Waals surface area contributed by atoms with E-state index >= 15 is 0 Å². The second kappa shape index (κ2) is 8.41. The molecule has 0 saturated carbocycles. The number of halogens is 1. The molecule has 30 heavy (non-hydrogen) atoms. The van der Waals surface area contributed by atoms with Crippen LogP contribution in [0.3, 0.4) is 0 Å². The van der Waals surface area contributed by atoms with Gasteiger partial charge in [-0.05, 0) is 59.7 Å². The van der Waals surface area contributed by atoms with E-state index in [4.69, 9.17) is 5.26 Å². The standard InChI is InChI=1S/C24H17FN4O/c25-21-9-7-18(8-10-21)22-15-27-23(29-22)19-5-2-4-17(12-19)14-28-24(30)20-6-1-3-16(11-20)13-26/h1-12,15H,14H2,(H,27,29)(H,28,30). The van der Waals surface area contributed by atoms with Gasteiger partial charge >= 0.3 is 0 Å². The summed E-state index contributed by atoms with van der Waals surface area (Å²) in [5, 5.41) is 11.8. The first-order chi connectivity index (χ1) is 14.6. The van der Waals surface area contributed by atoms with Crippen molar-refractivity contribution in [3.8, 4) is 28.7 Å². The summed E-state index contributed by atoms with van der Waals surface area (Å²) < 4.78 is 13.1. The molecule has 6 heteroatoms. The number of nitrogens with one attached hydrogen (secondary N) is 2. The highest BCUT2D eigenvalue weighted by Gasteiger charge is 2.09. The number of nitriles is 1. The molecule has 0 bridgehead atoms. The Morgan fingerprint density at radius 1 is 1.03 bits per heavy atom. The molecule has 5 nitrogen and oxygen atoms in total. The number of hydrogen-bond donors (Lipinski definition) is 2. The number of nitrogens with zero attached hydrogens (tertiary/aromatic N) is 2. The van der Waals surface area contributed by atoms with Crippen LogP contribution in [0.5, 0.6) is 0 Å². The molecule has 1 heterocycles. The third-order valence-corrected chi connectivity index (χ3v) is 4.64. The Labute approximate surface area is 172 Å². The predicted octanol–water partition coefficient (Wildman–Crippen LogP) is 4.68. The van der Waals surface area contributed by atoms with Crippen LogP contribution in [0.4, 0.5) is 4.39 Å². The fourth-order valence-electron chi connectivity index (χ4n) is 3.09. The second-order valence-electron chi connectivity index (χ2n) is 6.73. The highest BCUT2D eigenvalue weighted by Crippen LogP contribution is 2.23. The average molecular weight is 396 g/mol. The molecule has 0 aliphatic heterocycles. The number of imidazole rings is 1. The molecule has 0 atom stereocenters. The molecule has 0 spiro atoms. The molecule has 1 aromatic heterocycles. The van der Waals surface area contributed by atoms with E-state index in [2.05, 4.69) is 15.3 Å². The molecule has 0 radical (unpaired) electrons. The van der Waals surface area contributed by atoms with Crippen molar-refractivity contribution in [2.75, 3.05) is 0 Å². The molecule has 0 saturated heterocycles. The van der Waals surface area contributed by atoms with Gasteiger partial charge in [-0.2, -0.15) is 5.26 Å². The minimum absolute atomic E-state index is 0.242. The summed E-state index contributed by atoms with van der Waals surface area (Å²) in [6.07, 6.45) is 1.71. The zero-order chi connectivity index (χ0) is 20.9. The van der Waals surface area contributed by atoms with Crippen molar-refractivity contribution in [3.05, 3.63) is 102 Å². The minimum atomic E-state index is -0.285. The number of benzene rings is 3. The van der Waals surface area contributed by atoms with Gasteiger partial charge in [0.1, 0.15) is 11.6 Å². The molecule has 0 fully saturated rings. The summed E-state index contributed by atoms with van der Waals surface area (Å²) in [6.45, 7) is 0.342. The summed E-state index contributed by atoms with van der Waals surface area (Å²) in [5.41, 5.74) is 4.32. The van der Waals surface area contributed by atoms with Gasteiger partial charge in [-0.1, -0.05) is 24.3 Å². The predicted molar refractivity (Wildman–Crippen MR) is 112 cm³/mol. The SMILES string of the molecule is N#Cc1cccc(C(=O)NCc2cccc(-c3ncc(-c4ccc(F)cc4)[nH]3)c2)c1. The van der Waals surface area contributed by atoms with Gasteiger partial charge in [-0.3, -0.25) is 4.79 Å². The lowest BCUT2D eigenvalue weighted by atomic mass is 10.1. The molecule has 1 amide bonds. The van der Waals surface area contributed by atoms with E-state index in [1.165, 1.54) is 12.1 Å². The quantitative estimate of drug-likeness (QED) is 0.514. The Morgan fingerprint density at radius 3 is 2.63 bits per heavy atom. The summed E-state index contributed by atoms with van der Waals surface area (Å²) >= 11 is 0. The van der Waals surface area contributed by atoms with Crippen LogP contribution in [-0.2, 0) is 6.54 Å². The van der Waals surface area contributed by atoms with Crippen LogP contribution in [0.1, 0.15) is 21.5 Å². The normalized spacial score (nSPS) is 10.4. The van der Waals surface area contributed by atoms with Crippen LogP contribution < -0.4 is 5.32 Å².